The van der Waals surface area contributed by atoms with Gasteiger partial charge in [0.1, 0.15) is 5.75 Å². The number of alkyl halides is 3. The molecule has 0 saturated carbocycles. The predicted octanol–water partition coefficient (Wildman–Crippen LogP) is 3.24. The summed E-state index contributed by atoms with van der Waals surface area (Å²) in [4.78, 5) is 14.8. The minimum Gasteiger partial charge on any atom is -0.406 e. The Morgan fingerprint density at radius 3 is 2.76 bits per heavy atom. The van der Waals surface area contributed by atoms with Crippen LogP contribution in [0.3, 0.4) is 0 Å². The van der Waals surface area contributed by atoms with E-state index in [9.17, 15) is 18.0 Å². The van der Waals surface area contributed by atoms with Crippen LogP contribution >= 0.6 is 11.3 Å². The van der Waals surface area contributed by atoms with Crippen molar-refractivity contribution in [1.29, 1.82) is 0 Å². The first kappa shape index (κ1) is 23.6. The van der Waals surface area contributed by atoms with E-state index < -0.39 is 24.1 Å². The van der Waals surface area contributed by atoms with E-state index in [1.807, 2.05) is 12.1 Å². The molecule has 0 bridgehead atoms. The SMILES string of the molecule is CO[C@H](C(=O)Nc1nnc(N[C@@H]2CCN(c3cccnn3)C2)s1)c1cccc(OC(F)(F)F)c1. The summed E-state index contributed by atoms with van der Waals surface area (Å²) in [6, 6.07) is 8.88. The van der Waals surface area contributed by atoms with E-state index in [2.05, 4.69) is 40.7 Å². The van der Waals surface area contributed by atoms with Gasteiger partial charge in [-0.1, -0.05) is 23.5 Å². The molecule has 180 valence electrons. The van der Waals surface area contributed by atoms with E-state index in [1.165, 1.54) is 19.2 Å². The number of aromatic nitrogens is 4. The zero-order valence-corrected chi connectivity index (χ0v) is 18.6. The van der Waals surface area contributed by atoms with Gasteiger partial charge in [-0.15, -0.1) is 28.5 Å². The number of ether oxygens (including phenoxy) is 2. The summed E-state index contributed by atoms with van der Waals surface area (Å²) in [7, 11) is 1.28. The highest BCUT2D eigenvalue weighted by atomic mass is 32.1. The largest absolute Gasteiger partial charge is 0.573 e. The van der Waals surface area contributed by atoms with Gasteiger partial charge in [-0.3, -0.25) is 10.1 Å². The molecule has 3 heterocycles. The van der Waals surface area contributed by atoms with Crippen molar-refractivity contribution in [2.24, 2.45) is 0 Å². The number of nitrogens with one attached hydrogen (secondary N) is 2. The standard InChI is InChI=1S/C20H20F3N7O3S/c1-32-16(12-4-2-5-14(10-12)33-20(21,22)23)17(31)26-19-29-28-18(34-19)25-13-7-9-30(11-13)15-6-3-8-24-27-15/h2-6,8,10,13,16H,7,9,11H2,1H3,(H,25,28)(H,26,29,31)/t13-,16+/m1/s1. The number of nitrogens with zero attached hydrogens (tertiary/aromatic N) is 5. The average Bonchev–Trinajstić information content (AvgIpc) is 3.44. The zero-order chi connectivity index (χ0) is 24.1. The molecular weight excluding hydrogens is 475 g/mol. The Morgan fingerprint density at radius 1 is 1.21 bits per heavy atom. The second kappa shape index (κ2) is 10.2. The molecule has 1 aliphatic rings. The van der Waals surface area contributed by atoms with E-state index in [-0.39, 0.29) is 16.7 Å². The lowest BCUT2D eigenvalue weighted by molar-refractivity contribution is -0.274. The van der Waals surface area contributed by atoms with Crippen LogP contribution in [-0.2, 0) is 9.53 Å². The molecule has 2 atom stereocenters. The number of rotatable bonds is 8. The van der Waals surface area contributed by atoms with E-state index in [0.717, 1.165) is 42.3 Å². The fraction of sp³-hybridized carbons (Fsp3) is 0.350. The summed E-state index contributed by atoms with van der Waals surface area (Å²) in [6.45, 7) is 1.52. The third-order valence-corrected chi connectivity index (χ3v) is 5.69. The number of benzene rings is 1. The fourth-order valence-electron chi connectivity index (χ4n) is 3.50. The number of anilines is 3. The van der Waals surface area contributed by atoms with Crippen molar-refractivity contribution < 1.29 is 27.4 Å². The lowest BCUT2D eigenvalue weighted by atomic mass is 10.1. The summed E-state index contributed by atoms with van der Waals surface area (Å²) >= 11 is 1.14. The van der Waals surface area contributed by atoms with Crippen molar-refractivity contribution in [1.82, 2.24) is 20.4 Å². The van der Waals surface area contributed by atoms with Gasteiger partial charge in [0.2, 0.25) is 10.3 Å². The summed E-state index contributed by atoms with van der Waals surface area (Å²) < 4.78 is 46.6. The molecule has 0 radical (unpaired) electrons. The highest BCUT2D eigenvalue weighted by molar-refractivity contribution is 7.19. The molecule has 0 aliphatic carbocycles. The molecule has 2 N–H and O–H groups in total. The van der Waals surface area contributed by atoms with E-state index >= 15 is 0 Å². The van der Waals surface area contributed by atoms with Crippen LogP contribution < -0.4 is 20.3 Å². The Balaban J connectivity index is 1.35. The molecule has 1 amide bonds. The Morgan fingerprint density at radius 2 is 2.03 bits per heavy atom. The molecule has 1 aromatic carbocycles. The Labute approximate surface area is 196 Å². The molecule has 34 heavy (non-hydrogen) atoms. The van der Waals surface area contributed by atoms with Crippen molar-refractivity contribution in [3.63, 3.8) is 0 Å². The molecule has 0 spiro atoms. The molecule has 0 unspecified atom stereocenters. The first-order valence-electron chi connectivity index (χ1n) is 10.1. The minimum atomic E-state index is -4.84. The van der Waals surface area contributed by atoms with Crippen molar-refractivity contribution in [3.05, 3.63) is 48.2 Å². The van der Waals surface area contributed by atoms with Gasteiger partial charge < -0.3 is 19.7 Å². The molecule has 4 rings (SSSR count). The maximum atomic E-state index is 12.7. The van der Waals surface area contributed by atoms with Crippen molar-refractivity contribution in [2.45, 2.75) is 24.9 Å². The van der Waals surface area contributed by atoms with Gasteiger partial charge in [-0.25, -0.2) is 0 Å². The van der Waals surface area contributed by atoms with Gasteiger partial charge in [0.15, 0.2) is 11.9 Å². The van der Waals surface area contributed by atoms with Gasteiger partial charge in [-0.2, -0.15) is 5.10 Å². The average molecular weight is 495 g/mol. The first-order valence-corrected chi connectivity index (χ1v) is 10.9. The third-order valence-electron chi connectivity index (χ3n) is 4.92. The molecule has 1 aliphatic heterocycles. The topological polar surface area (TPSA) is 114 Å². The monoisotopic (exact) mass is 495 g/mol. The fourth-order valence-corrected chi connectivity index (χ4v) is 4.22. The van der Waals surface area contributed by atoms with Crippen LogP contribution in [0.15, 0.2) is 42.6 Å². The second-order valence-corrected chi connectivity index (χ2v) is 8.27. The van der Waals surface area contributed by atoms with Crippen molar-refractivity contribution in [2.75, 3.05) is 35.7 Å². The lowest BCUT2D eigenvalue weighted by Gasteiger charge is -2.16. The third kappa shape index (κ3) is 6.08. The number of hydrogen-bond acceptors (Lipinski definition) is 10. The summed E-state index contributed by atoms with van der Waals surface area (Å²) in [5, 5.41) is 22.6. The van der Waals surface area contributed by atoms with Crippen LogP contribution in [0.5, 0.6) is 5.75 Å². The van der Waals surface area contributed by atoms with E-state index in [1.54, 1.807) is 6.20 Å². The van der Waals surface area contributed by atoms with Crippen molar-refractivity contribution in [3.8, 4) is 5.75 Å². The highest BCUT2D eigenvalue weighted by Gasteiger charge is 2.32. The molecular formula is C20H20F3N7O3S. The quantitative estimate of drug-likeness (QED) is 0.486. The number of methoxy groups -OCH3 is 1. The lowest BCUT2D eigenvalue weighted by Crippen LogP contribution is -2.26. The maximum absolute atomic E-state index is 12.7. The van der Waals surface area contributed by atoms with Crippen LogP contribution in [-0.4, -0.2) is 58.9 Å². The van der Waals surface area contributed by atoms with Gasteiger partial charge in [0.25, 0.3) is 5.91 Å². The van der Waals surface area contributed by atoms with Crippen LogP contribution in [0.25, 0.3) is 0 Å². The van der Waals surface area contributed by atoms with Gasteiger partial charge in [0.05, 0.1) is 0 Å². The summed E-state index contributed by atoms with van der Waals surface area (Å²) in [5.74, 6) is -0.259. The molecule has 14 heteroatoms. The smallest absolute Gasteiger partial charge is 0.406 e. The van der Waals surface area contributed by atoms with Crippen LogP contribution in [0.4, 0.5) is 29.3 Å². The van der Waals surface area contributed by atoms with Crippen molar-refractivity contribution >= 4 is 33.3 Å². The second-order valence-electron chi connectivity index (χ2n) is 7.30. The van der Waals surface area contributed by atoms with E-state index in [0.29, 0.717) is 11.7 Å². The first-order chi connectivity index (χ1) is 16.3. The predicted molar refractivity (Wildman–Crippen MR) is 118 cm³/mol. The zero-order valence-electron chi connectivity index (χ0n) is 17.8. The Bertz CT molecular complexity index is 1120. The Kier molecular flexibility index (Phi) is 7.07. The molecule has 1 fully saturated rings. The normalized spacial score (nSPS) is 16.8. The summed E-state index contributed by atoms with van der Waals surface area (Å²) in [5.41, 5.74) is 0.194. The van der Waals surface area contributed by atoms with Crippen LogP contribution in [0, 0.1) is 0 Å². The Hall–Kier alpha value is -3.52. The number of amides is 1. The molecule has 3 aromatic rings. The van der Waals surface area contributed by atoms with Gasteiger partial charge >= 0.3 is 6.36 Å². The number of hydrogen-bond donors (Lipinski definition) is 2. The van der Waals surface area contributed by atoms with Crippen LogP contribution in [0.2, 0.25) is 0 Å². The molecule has 10 nitrogen and oxygen atoms in total. The minimum absolute atomic E-state index is 0.113. The number of halogens is 3. The highest BCUT2D eigenvalue weighted by Crippen LogP contribution is 2.29. The van der Waals surface area contributed by atoms with Gasteiger partial charge in [-0.05, 0) is 36.2 Å². The molecule has 1 saturated heterocycles. The number of carbonyl (C=O) groups excluding carboxylic acids is 1. The van der Waals surface area contributed by atoms with E-state index in [4.69, 9.17) is 4.74 Å². The van der Waals surface area contributed by atoms with Crippen LogP contribution in [0.1, 0.15) is 18.1 Å². The molecule has 2 aromatic heterocycles. The van der Waals surface area contributed by atoms with Gasteiger partial charge in [0, 0.05) is 32.4 Å². The summed E-state index contributed by atoms with van der Waals surface area (Å²) in [6.07, 6.45) is -3.54. The number of carbonyl (C=O) groups is 1. The maximum Gasteiger partial charge on any atom is 0.573 e.